The lowest BCUT2D eigenvalue weighted by Gasteiger charge is -2.43. The molecule has 0 saturated carbocycles. The molecule has 9 rings (SSSR count). The third-order valence-corrected chi connectivity index (χ3v) is 14.9. The van der Waals surface area contributed by atoms with Crippen molar-refractivity contribution in [2.45, 2.75) is 57.7 Å². The summed E-state index contributed by atoms with van der Waals surface area (Å²) >= 11 is 0. The van der Waals surface area contributed by atoms with Crippen molar-refractivity contribution >= 4 is 59.0 Å². The Morgan fingerprint density at radius 1 is 0.910 bits per heavy atom. The van der Waals surface area contributed by atoms with Crippen molar-refractivity contribution in [1.82, 2.24) is 40.2 Å². The van der Waals surface area contributed by atoms with Crippen LogP contribution in [-0.2, 0) is 27.1 Å². The number of amides is 3. The summed E-state index contributed by atoms with van der Waals surface area (Å²) in [7, 11) is -0.935. The zero-order chi connectivity index (χ0) is 46.8. The van der Waals surface area contributed by atoms with Gasteiger partial charge in [-0.15, -0.1) is 0 Å². The molecule has 3 amide bonds. The number of halogens is 1. The quantitative estimate of drug-likeness (QED) is 0.0735. The van der Waals surface area contributed by atoms with Crippen molar-refractivity contribution in [3.05, 3.63) is 89.5 Å². The van der Waals surface area contributed by atoms with Crippen LogP contribution in [0.2, 0.25) is 0 Å². The number of fused-ring (bicyclic) bond motifs is 1. The molecule has 5 aromatic rings. The molecule has 4 aliphatic rings. The second kappa shape index (κ2) is 19.5. The number of nitrogens with one attached hydrogen (secondary N) is 4. The summed E-state index contributed by atoms with van der Waals surface area (Å²) in [5.74, 6) is -0.207. The van der Waals surface area contributed by atoms with E-state index >= 15 is 4.39 Å². The Bertz CT molecular complexity index is 2700. The normalized spacial score (nSPS) is 18.5. The number of aromatic amines is 1. The van der Waals surface area contributed by atoms with Gasteiger partial charge in [0.05, 0.1) is 29.7 Å². The summed E-state index contributed by atoms with van der Waals surface area (Å²) in [5.41, 5.74) is 6.08. The number of anilines is 5. The van der Waals surface area contributed by atoms with Gasteiger partial charge in [0.15, 0.2) is 11.6 Å². The minimum atomic E-state index is -2.60. The number of piperazine rings is 1. The van der Waals surface area contributed by atoms with Gasteiger partial charge in [0.25, 0.3) is 5.91 Å². The minimum Gasteiger partial charge on any atom is -0.494 e. The van der Waals surface area contributed by atoms with Gasteiger partial charge < -0.3 is 34.5 Å². The summed E-state index contributed by atoms with van der Waals surface area (Å²) < 4.78 is 40.2. The maximum absolute atomic E-state index is 15.1. The van der Waals surface area contributed by atoms with Gasteiger partial charge >= 0.3 is 0 Å². The summed E-state index contributed by atoms with van der Waals surface area (Å²) in [4.78, 5) is 55.5. The molecule has 3 fully saturated rings. The molecule has 3 aromatic carbocycles. The Labute approximate surface area is 389 Å². The van der Waals surface area contributed by atoms with Gasteiger partial charge in [0.2, 0.25) is 17.8 Å². The molecular formula is C48H57FN11O6P. The Kier molecular flexibility index (Phi) is 13.3. The van der Waals surface area contributed by atoms with Gasteiger partial charge in [0.1, 0.15) is 31.4 Å². The molecule has 0 radical (unpaired) electrons. The fourth-order valence-corrected chi connectivity index (χ4v) is 10.8. The number of aryl methyl sites for hydroxylation is 1. The van der Waals surface area contributed by atoms with E-state index in [-0.39, 0.29) is 36.6 Å². The molecule has 67 heavy (non-hydrogen) atoms. The smallest absolute Gasteiger partial charge is 0.255 e. The van der Waals surface area contributed by atoms with E-state index in [9.17, 15) is 18.9 Å². The van der Waals surface area contributed by atoms with Crippen LogP contribution in [0.15, 0.2) is 67.0 Å². The zero-order valence-corrected chi connectivity index (χ0v) is 39.2. The van der Waals surface area contributed by atoms with E-state index in [0.29, 0.717) is 53.5 Å². The van der Waals surface area contributed by atoms with Crippen LogP contribution in [0, 0.1) is 5.82 Å². The lowest BCUT2D eigenvalue weighted by atomic mass is 9.99. The van der Waals surface area contributed by atoms with Gasteiger partial charge in [-0.25, -0.2) is 9.37 Å². The highest BCUT2D eigenvalue weighted by Crippen LogP contribution is 2.41. The van der Waals surface area contributed by atoms with Crippen LogP contribution in [0.5, 0.6) is 11.5 Å². The maximum atomic E-state index is 15.1. The van der Waals surface area contributed by atoms with Gasteiger partial charge in [0, 0.05) is 99.8 Å². The largest absolute Gasteiger partial charge is 0.494 e. The van der Waals surface area contributed by atoms with Crippen LogP contribution in [0.3, 0.4) is 0 Å². The van der Waals surface area contributed by atoms with E-state index in [4.69, 9.17) is 14.5 Å². The average Bonchev–Trinajstić information content (AvgIpc) is 3.97. The molecule has 6 heterocycles. The van der Waals surface area contributed by atoms with Crippen molar-refractivity contribution in [3.63, 3.8) is 0 Å². The number of methoxy groups -OCH3 is 1. The first-order valence-electron chi connectivity index (χ1n) is 22.9. The highest BCUT2D eigenvalue weighted by Gasteiger charge is 2.40. The number of rotatable bonds is 15. The number of piperidine rings is 2. The lowest BCUT2D eigenvalue weighted by molar-refractivity contribution is -0.136. The summed E-state index contributed by atoms with van der Waals surface area (Å²) in [6.45, 7) is 12.3. The number of hydrogen-bond donors (Lipinski definition) is 4. The molecule has 0 bridgehead atoms. The summed E-state index contributed by atoms with van der Waals surface area (Å²) in [6, 6.07) is 16.1. The summed E-state index contributed by atoms with van der Waals surface area (Å²) in [5, 5.41) is 17.0. The maximum Gasteiger partial charge on any atom is 0.255 e. The lowest BCUT2D eigenvalue weighted by Crippen LogP contribution is -2.53. The number of ether oxygens (including phenoxy) is 2. The molecular weight excluding hydrogens is 877 g/mol. The Morgan fingerprint density at radius 3 is 2.42 bits per heavy atom. The van der Waals surface area contributed by atoms with Gasteiger partial charge in [-0.3, -0.25) is 34.6 Å². The molecule has 2 aromatic heterocycles. The molecule has 3 saturated heterocycles. The van der Waals surface area contributed by atoms with Gasteiger partial charge in [-0.2, -0.15) is 10.1 Å². The number of nitrogens with zero attached hydrogens (tertiary/aromatic N) is 7. The minimum absolute atomic E-state index is 0.0925. The van der Waals surface area contributed by atoms with Crippen molar-refractivity contribution in [1.29, 1.82) is 0 Å². The third kappa shape index (κ3) is 9.88. The topological polar surface area (TPSA) is 190 Å². The van der Waals surface area contributed by atoms with Crippen LogP contribution in [0.4, 0.5) is 33.2 Å². The number of carbonyl (C=O) groups excluding carboxylic acids is 3. The first-order chi connectivity index (χ1) is 32.4. The van der Waals surface area contributed by atoms with Crippen molar-refractivity contribution in [2.24, 2.45) is 0 Å². The second-order valence-electron chi connectivity index (χ2n) is 17.9. The summed E-state index contributed by atoms with van der Waals surface area (Å²) in [6.07, 6.45) is 6.71. The fourth-order valence-electron chi connectivity index (χ4n) is 9.68. The van der Waals surface area contributed by atoms with Gasteiger partial charge in [-0.05, 0) is 86.5 Å². The van der Waals surface area contributed by atoms with Crippen molar-refractivity contribution < 1.29 is 32.8 Å². The van der Waals surface area contributed by atoms with E-state index in [1.807, 2.05) is 30.3 Å². The predicted octanol–water partition coefficient (Wildman–Crippen LogP) is 5.74. The highest BCUT2D eigenvalue weighted by molar-refractivity contribution is 7.70. The second-order valence-corrected chi connectivity index (χ2v) is 21.0. The number of imide groups is 1. The first kappa shape index (κ1) is 45.8. The zero-order valence-electron chi connectivity index (χ0n) is 38.3. The monoisotopic (exact) mass is 933 g/mol. The molecule has 0 spiro atoms. The van der Waals surface area contributed by atoms with E-state index < -0.39 is 30.8 Å². The van der Waals surface area contributed by atoms with Crippen LogP contribution < -0.4 is 35.6 Å². The molecule has 1 atom stereocenters. The van der Waals surface area contributed by atoms with E-state index in [1.165, 1.54) is 16.5 Å². The molecule has 19 heteroatoms. The number of para-hydroxylation sites is 1. The van der Waals surface area contributed by atoms with Crippen LogP contribution in [-0.4, -0.2) is 138 Å². The molecule has 4 aliphatic heterocycles. The van der Waals surface area contributed by atoms with Crippen molar-refractivity contribution in [2.75, 3.05) is 88.4 Å². The Hall–Kier alpha value is -6.36. The van der Waals surface area contributed by atoms with E-state index in [0.717, 1.165) is 80.9 Å². The van der Waals surface area contributed by atoms with E-state index in [1.54, 1.807) is 38.9 Å². The number of carbonyl (C=O) groups is 3. The molecule has 1 unspecified atom stereocenters. The highest BCUT2D eigenvalue weighted by atomic mass is 31.2. The third-order valence-electron chi connectivity index (χ3n) is 13.3. The molecule has 0 aliphatic carbocycles. The molecule has 352 valence electrons. The van der Waals surface area contributed by atoms with E-state index in [2.05, 4.69) is 64.9 Å². The predicted molar refractivity (Wildman–Crippen MR) is 255 cm³/mol. The molecule has 17 nitrogen and oxygen atoms in total. The molecule has 4 N–H and O–H groups in total. The number of benzene rings is 3. The SMILES string of the molecule is CCc1cc(Nc2ncc(-c3ccn[nH]3)c(Nc3ccccc3P(C)(C)=O)n2)c(OC)cc1N1CCC(N2CCN(CCOc3cc4c(cc3F)C(=O)N(C3CCC(=O)NC3=O)C4)CC2)CC1. The first-order valence-corrected chi connectivity index (χ1v) is 25.5. The number of H-pyrrole nitrogens is 1. The average molecular weight is 934 g/mol. The Balaban J connectivity index is 0.785. The Morgan fingerprint density at radius 2 is 1.70 bits per heavy atom. The number of aromatic nitrogens is 4. The van der Waals surface area contributed by atoms with Crippen LogP contribution in [0.1, 0.15) is 54.1 Å². The number of hydrogen-bond acceptors (Lipinski definition) is 14. The van der Waals surface area contributed by atoms with Gasteiger partial charge in [-0.1, -0.05) is 19.1 Å². The fraction of sp³-hybridized carbons (Fsp3) is 0.417. The van der Waals surface area contributed by atoms with Crippen LogP contribution in [0.25, 0.3) is 11.3 Å². The van der Waals surface area contributed by atoms with Crippen LogP contribution >= 0.6 is 7.14 Å². The van der Waals surface area contributed by atoms with Crippen molar-refractivity contribution in [3.8, 4) is 22.8 Å². The standard InChI is InChI=1S/C48H57FN11O6P/c1-5-30-24-38(53-48-50-28-34(36-12-15-51-56-36)45(55-48)52-37-8-6-7-9-43(37)67(3,4)64)42(65-2)27-40(30)59-16-13-32(14-17-59)58-20-18-57(19-21-58)22-23-66-41-25-31-29-60(47(63)33(31)26-35(41)49)39-10-11-44(61)54-46(39)62/h6-9,12,15,24-28,32,39H,5,10-11,13-14,16-23,29H2,1-4H3,(H,51,56)(H,54,61,62)(H2,50,52,53,55).